The van der Waals surface area contributed by atoms with Crippen LogP contribution in [0.2, 0.25) is 5.02 Å². The maximum atomic E-state index is 13.3. The predicted octanol–water partition coefficient (Wildman–Crippen LogP) is 4.77. The Morgan fingerprint density at radius 2 is 2.00 bits per heavy atom. The van der Waals surface area contributed by atoms with Crippen LogP contribution in [0.15, 0.2) is 53.6 Å². The van der Waals surface area contributed by atoms with Crippen molar-refractivity contribution in [2.75, 3.05) is 5.32 Å². The first kappa shape index (κ1) is 23.0. The van der Waals surface area contributed by atoms with Crippen LogP contribution in [-0.2, 0) is 0 Å². The molecule has 4 rings (SSSR count). The maximum Gasteiger partial charge on any atom is 0.337 e. The topological polar surface area (TPSA) is 120 Å². The van der Waals surface area contributed by atoms with Crippen LogP contribution in [0.3, 0.4) is 0 Å². The first-order chi connectivity index (χ1) is 16.2. The molecule has 0 spiro atoms. The number of carboxylic acids is 1. The second kappa shape index (κ2) is 8.96. The van der Waals surface area contributed by atoms with E-state index in [1.807, 2.05) is 26.0 Å². The van der Waals surface area contributed by atoms with Crippen LogP contribution in [-0.4, -0.2) is 25.4 Å². The molecule has 0 aliphatic carbocycles. The number of carboxylic acid groups (broad SMARTS) is 1. The van der Waals surface area contributed by atoms with E-state index in [2.05, 4.69) is 10.3 Å². The van der Waals surface area contributed by atoms with E-state index >= 15 is 0 Å². The maximum absolute atomic E-state index is 13.3. The van der Waals surface area contributed by atoms with Crippen molar-refractivity contribution in [3.63, 3.8) is 0 Å². The van der Waals surface area contributed by atoms with Gasteiger partial charge >= 0.3 is 5.97 Å². The average molecular weight is 474 g/mol. The number of aromatic carboxylic acids is 1. The van der Waals surface area contributed by atoms with Crippen LogP contribution in [0.25, 0.3) is 16.9 Å². The molecule has 9 heteroatoms. The Hall–Kier alpha value is -4.22. The number of nitrogens with zero attached hydrogens (tertiary/aromatic N) is 4. The Bertz CT molecular complexity index is 1560. The quantitative estimate of drug-likeness (QED) is 0.428. The Balaban J connectivity index is 1.90. The van der Waals surface area contributed by atoms with E-state index in [1.165, 1.54) is 16.7 Å². The zero-order valence-corrected chi connectivity index (χ0v) is 19.4. The van der Waals surface area contributed by atoms with Gasteiger partial charge < -0.3 is 10.4 Å². The number of para-hydroxylation sites is 1. The Labute approximate surface area is 200 Å². The number of fused-ring (bicyclic) bond motifs is 1. The second-order valence-corrected chi connectivity index (χ2v) is 8.35. The third-order valence-corrected chi connectivity index (χ3v) is 5.82. The highest BCUT2D eigenvalue weighted by molar-refractivity contribution is 6.31. The van der Waals surface area contributed by atoms with Gasteiger partial charge in [0.25, 0.3) is 5.56 Å². The predicted molar refractivity (Wildman–Crippen MR) is 129 cm³/mol. The molecule has 1 atom stereocenters. The molecule has 1 aromatic carbocycles. The van der Waals surface area contributed by atoms with Gasteiger partial charge in [0.15, 0.2) is 5.69 Å². The van der Waals surface area contributed by atoms with E-state index in [0.29, 0.717) is 33.7 Å². The smallest absolute Gasteiger partial charge is 0.337 e. The van der Waals surface area contributed by atoms with E-state index in [9.17, 15) is 14.7 Å². The number of anilines is 1. The zero-order chi connectivity index (χ0) is 24.6. The summed E-state index contributed by atoms with van der Waals surface area (Å²) >= 11 is 6.17. The van der Waals surface area contributed by atoms with E-state index in [0.717, 1.165) is 5.56 Å². The number of rotatable bonds is 5. The molecule has 0 radical (unpaired) electrons. The molecule has 34 heavy (non-hydrogen) atoms. The van der Waals surface area contributed by atoms with Gasteiger partial charge in [-0.1, -0.05) is 23.7 Å². The molecular formula is C25H20ClN5O3. The van der Waals surface area contributed by atoms with Gasteiger partial charge in [-0.3, -0.25) is 9.20 Å². The highest BCUT2D eigenvalue weighted by atomic mass is 35.5. The monoisotopic (exact) mass is 473 g/mol. The van der Waals surface area contributed by atoms with Crippen molar-refractivity contribution >= 4 is 28.9 Å². The molecule has 3 heterocycles. The summed E-state index contributed by atoms with van der Waals surface area (Å²) in [5, 5.41) is 22.0. The molecule has 0 amide bonds. The second-order valence-electron chi connectivity index (χ2n) is 7.94. The van der Waals surface area contributed by atoms with Gasteiger partial charge in [-0.15, -0.1) is 0 Å². The van der Waals surface area contributed by atoms with Crippen LogP contribution < -0.4 is 10.9 Å². The van der Waals surface area contributed by atoms with Crippen molar-refractivity contribution in [3.8, 4) is 17.3 Å². The number of aromatic nitrogens is 3. The summed E-state index contributed by atoms with van der Waals surface area (Å²) in [7, 11) is 0. The van der Waals surface area contributed by atoms with Crippen LogP contribution >= 0.6 is 11.6 Å². The summed E-state index contributed by atoms with van der Waals surface area (Å²) < 4.78 is 1.49. The summed E-state index contributed by atoms with van der Waals surface area (Å²) in [5.41, 5.74) is 3.77. The zero-order valence-electron chi connectivity index (χ0n) is 18.6. The van der Waals surface area contributed by atoms with Crippen molar-refractivity contribution in [1.29, 1.82) is 5.26 Å². The van der Waals surface area contributed by atoms with Gasteiger partial charge in [0.2, 0.25) is 0 Å². The minimum atomic E-state index is -1.04. The fourth-order valence-corrected chi connectivity index (χ4v) is 4.06. The summed E-state index contributed by atoms with van der Waals surface area (Å²) in [6.45, 7) is 5.43. The largest absolute Gasteiger partial charge is 0.478 e. The number of aryl methyl sites for hydroxylation is 1. The molecule has 0 fully saturated rings. The first-order valence-electron chi connectivity index (χ1n) is 10.4. The molecule has 2 N–H and O–H groups in total. The van der Waals surface area contributed by atoms with Crippen molar-refractivity contribution in [1.82, 2.24) is 14.4 Å². The third kappa shape index (κ3) is 4.09. The van der Waals surface area contributed by atoms with Crippen LogP contribution in [0, 0.1) is 25.2 Å². The molecular weight excluding hydrogens is 454 g/mol. The molecule has 4 aromatic rings. The highest BCUT2D eigenvalue weighted by Crippen LogP contribution is 2.28. The number of nitriles is 1. The number of pyridine rings is 2. The number of hydrogen-bond acceptors (Lipinski definition) is 6. The highest BCUT2D eigenvalue weighted by Gasteiger charge is 2.19. The summed E-state index contributed by atoms with van der Waals surface area (Å²) in [6.07, 6.45) is 3.18. The molecule has 0 saturated heterocycles. The Morgan fingerprint density at radius 3 is 2.68 bits per heavy atom. The normalized spacial score (nSPS) is 11.7. The van der Waals surface area contributed by atoms with Crippen molar-refractivity contribution < 1.29 is 9.90 Å². The van der Waals surface area contributed by atoms with Gasteiger partial charge in [0.1, 0.15) is 11.7 Å². The van der Waals surface area contributed by atoms with Gasteiger partial charge in [-0.25, -0.2) is 14.8 Å². The molecule has 0 unspecified atom stereocenters. The van der Waals surface area contributed by atoms with Crippen LogP contribution in [0.1, 0.15) is 45.7 Å². The lowest BCUT2D eigenvalue weighted by Crippen LogP contribution is -2.22. The van der Waals surface area contributed by atoms with Crippen LogP contribution in [0.5, 0.6) is 0 Å². The number of hydrogen-bond donors (Lipinski definition) is 2. The summed E-state index contributed by atoms with van der Waals surface area (Å²) in [6, 6.07) is 11.6. The molecule has 0 saturated carbocycles. The standard InChI is InChI=1S/C25H20ClN5O3/c1-13-8-18(15(3)29-20-7-5-4-6-17(20)25(33)34)23-30-22(14(2)24(32)31(23)12-13)16-9-19(26)21(10-27)28-11-16/h4-9,11-12,15,29H,1-3H3,(H,33,34)/t15-/m0/s1. The van der Waals surface area contributed by atoms with E-state index in [4.69, 9.17) is 21.8 Å². The molecule has 170 valence electrons. The fourth-order valence-electron chi connectivity index (χ4n) is 3.85. The SMILES string of the molecule is Cc1cc([C@H](C)Nc2ccccc2C(=O)O)c2nc(-c3cnc(C#N)c(Cl)c3)c(C)c(=O)n2c1. The number of carbonyl (C=O) groups is 1. The Morgan fingerprint density at radius 1 is 1.26 bits per heavy atom. The van der Waals surface area contributed by atoms with E-state index in [-0.39, 0.29) is 27.9 Å². The lowest BCUT2D eigenvalue weighted by atomic mass is 10.0. The summed E-state index contributed by atoms with van der Waals surface area (Å²) in [4.78, 5) is 33.8. The van der Waals surface area contributed by atoms with Crippen molar-refractivity contribution in [3.05, 3.63) is 92.1 Å². The van der Waals surface area contributed by atoms with Gasteiger partial charge in [-0.05, 0) is 50.6 Å². The minimum Gasteiger partial charge on any atom is -0.478 e. The fraction of sp³-hybridized carbons (Fsp3) is 0.160. The van der Waals surface area contributed by atoms with Gasteiger partial charge in [0.05, 0.1) is 22.3 Å². The molecule has 8 nitrogen and oxygen atoms in total. The first-order valence-corrected chi connectivity index (χ1v) is 10.8. The lowest BCUT2D eigenvalue weighted by Gasteiger charge is -2.20. The molecule has 3 aromatic heterocycles. The molecule has 0 aliphatic rings. The Kier molecular flexibility index (Phi) is 6.05. The van der Waals surface area contributed by atoms with Crippen LogP contribution in [0.4, 0.5) is 5.69 Å². The number of benzene rings is 1. The van der Waals surface area contributed by atoms with E-state index in [1.54, 1.807) is 37.4 Å². The van der Waals surface area contributed by atoms with Crippen molar-refractivity contribution in [2.24, 2.45) is 0 Å². The van der Waals surface area contributed by atoms with Crippen molar-refractivity contribution in [2.45, 2.75) is 26.8 Å². The third-order valence-electron chi connectivity index (χ3n) is 5.53. The lowest BCUT2D eigenvalue weighted by molar-refractivity contribution is 0.0698. The average Bonchev–Trinajstić information content (AvgIpc) is 2.81. The number of halogens is 1. The van der Waals surface area contributed by atoms with Gasteiger partial charge in [-0.2, -0.15) is 5.26 Å². The van der Waals surface area contributed by atoms with Gasteiger partial charge in [0, 0.05) is 34.8 Å². The number of nitrogens with one attached hydrogen (secondary N) is 1. The molecule has 0 bridgehead atoms. The summed E-state index contributed by atoms with van der Waals surface area (Å²) in [5.74, 6) is -1.04. The molecule has 0 aliphatic heterocycles. The minimum absolute atomic E-state index is 0.0896. The van der Waals surface area contributed by atoms with E-state index < -0.39 is 5.97 Å².